The second-order valence-corrected chi connectivity index (χ2v) is 5.53. The lowest BCUT2D eigenvalue weighted by molar-refractivity contribution is 0.00332. The summed E-state index contributed by atoms with van der Waals surface area (Å²) in [5.41, 5.74) is 5.45. The van der Waals surface area contributed by atoms with Gasteiger partial charge < -0.3 is 10.9 Å². The highest BCUT2D eigenvalue weighted by atomic mass is 19.3. The van der Waals surface area contributed by atoms with Crippen molar-refractivity contribution >= 4 is 5.84 Å². The van der Waals surface area contributed by atoms with Crippen molar-refractivity contribution < 1.29 is 14.0 Å². The van der Waals surface area contributed by atoms with E-state index in [0.29, 0.717) is 25.4 Å². The molecule has 0 heterocycles. The van der Waals surface area contributed by atoms with E-state index in [1.165, 1.54) is 0 Å². The van der Waals surface area contributed by atoms with Crippen molar-refractivity contribution in [1.29, 1.82) is 0 Å². The van der Waals surface area contributed by atoms with Crippen LogP contribution in [0.1, 0.15) is 38.5 Å². The van der Waals surface area contributed by atoms with Crippen LogP contribution in [0.25, 0.3) is 0 Å². The number of nitrogens with two attached hydrogens (primary N) is 1. The molecule has 6 heteroatoms. The third-order valence-corrected chi connectivity index (χ3v) is 3.85. The average molecular weight is 261 g/mol. The van der Waals surface area contributed by atoms with Gasteiger partial charge in [0.15, 0.2) is 0 Å². The summed E-state index contributed by atoms with van der Waals surface area (Å²) in [6.07, 6.45) is 3.42. The van der Waals surface area contributed by atoms with Gasteiger partial charge in [-0.05, 0) is 25.2 Å². The lowest BCUT2D eigenvalue weighted by atomic mass is 10.1. The molecule has 0 saturated heterocycles. The van der Waals surface area contributed by atoms with Crippen LogP contribution in [0.3, 0.4) is 0 Å². The van der Waals surface area contributed by atoms with Crippen LogP contribution in [0.4, 0.5) is 8.78 Å². The monoisotopic (exact) mass is 261 g/mol. The average Bonchev–Trinajstić information content (AvgIpc) is 3.10. The van der Waals surface area contributed by atoms with E-state index in [1.807, 2.05) is 0 Å². The maximum absolute atomic E-state index is 13.1. The van der Waals surface area contributed by atoms with Gasteiger partial charge in [0.2, 0.25) is 5.92 Å². The predicted octanol–water partition coefficient (Wildman–Crippen LogP) is 2.02. The van der Waals surface area contributed by atoms with E-state index < -0.39 is 5.92 Å². The number of halogens is 2. The summed E-state index contributed by atoms with van der Waals surface area (Å²) in [7, 11) is 0. The number of amidine groups is 1. The number of rotatable bonds is 6. The summed E-state index contributed by atoms with van der Waals surface area (Å²) in [4.78, 5) is 2.23. The van der Waals surface area contributed by atoms with Crippen LogP contribution in [0.15, 0.2) is 5.16 Å². The molecule has 2 aliphatic carbocycles. The highest BCUT2D eigenvalue weighted by molar-refractivity contribution is 5.79. The zero-order chi connectivity index (χ0) is 13.2. The first kappa shape index (κ1) is 13.5. The molecule has 1 unspecified atom stereocenters. The largest absolute Gasteiger partial charge is 0.409 e. The second-order valence-electron chi connectivity index (χ2n) is 5.53. The smallest absolute Gasteiger partial charge is 0.248 e. The molecule has 0 aliphatic heterocycles. The Morgan fingerprint density at radius 2 is 2.11 bits per heavy atom. The molecule has 0 aromatic rings. The van der Waals surface area contributed by atoms with Gasteiger partial charge >= 0.3 is 0 Å². The third-order valence-electron chi connectivity index (χ3n) is 3.85. The van der Waals surface area contributed by atoms with E-state index in [0.717, 1.165) is 19.4 Å². The molecule has 3 N–H and O–H groups in total. The lowest BCUT2D eigenvalue weighted by Gasteiger charge is -2.25. The topological polar surface area (TPSA) is 61.8 Å². The highest BCUT2D eigenvalue weighted by Crippen LogP contribution is 2.40. The molecule has 0 bridgehead atoms. The van der Waals surface area contributed by atoms with E-state index in [9.17, 15) is 8.78 Å². The predicted molar refractivity (Wildman–Crippen MR) is 64.9 cm³/mol. The molecule has 104 valence electrons. The second kappa shape index (κ2) is 5.38. The SMILES string of the molecule is NC(CCN(CC1CCC(F)(F)C1)C1CC1)=NO. The van der Waals surface area contributed by atoms with Gasteiger partial charge in [0.1, 0.15) is 5.84 Å². The minimum atomic E-state index is -2.47. The summed E-state index contributed by atoms with van der Waals surface area (Å²) in [6.45, 7) is 1.42. The van der Waals surface area contributed by atoms with Gasteiger partial charge in [-0.1, -0.05) is 5.16 Å². The first-order valence-electron chi connectivity index (χ1n) is 6.58. The fourth-order valence-corrected chi connectivity index (χ4v) is 2.70. The zero-order valence-electron chi connectivity index (χ0n) is 10.5. The summed E-state index contributed by atoms with van der Waals surface area (Å²) < 4.78 is 26.3. The van der Waals surface area contributed by atoms with Crippen molar-refractivity contribution in [2.45, 2.75) is 50.5 Å². The van der Waals surface area contributed by atoms with Crippen molar-refractivity contribution in [3.05, 3.63) is 0 Å². The van der Waals surface area contributed by atoms with E-state index in [2.05, 4.69) is 10.1 Å². The van der Waals surface area contributed by atoms with Gasteiger partial charge in [-0.25, -0.2) is 8.78 Å². The molecule has 0 spiro atoms. The maximum atomic E-state index is 13.1. The van der Waals surface area contributed by atoms with Crippen LogP contribution in [0.5, 0.6) is 0 Å². The van der Waals surface area contributed by atoms with Crippen molar-refractivity contribution in [3.63, 3.8) is 0 Å². The molecule has 2 fully saturated rings. The van der Waals surface area contributed by atoms with E-state index in [1.54, 1.807) is 0 Å². The van der Waals surface area contributed by atoms with Gasteiger partial charge in [0.25, 0.3) is 0 Å². The number of hydrogen-bond donors (Lipinski definition) is 2. The van der Waals surface area contributed by atoms with Gasteiger partial charge in [-0.2, -0.15) is 0 Å². The van der Waals surface area contributed by atoms with E-state index in [-0.39, 0.29) is 24.6 Å². The maximum Gasteiger partial charge on any atom is 0.248 e. The minimum Gasteiger partial charge on any atom is -0.409 e. The summed E-state index contributed by atoms with van der Waals surface area (Å²) in [6, 6.07) is 0.519. The summed E-state index contributed by atoms with van der Waals surface area (Å²) >= 11 is 0. The van der Waals surface area contributed by atoms with Crippen molar-refractivity contribution in [1.82, 2.24) is 4.90 Å². The number of oxime groups is 1. The Kier molecular flexibility index (Phi) is 4.04. The number of alkyl halides is 2. The van der Waals surface area contributed by atoms with Gasteiger partial charge in [-0.15, -0.1) is 0 Å². The molecular weight excluding hydrogens is 240 g/mol. The van der Waals surface area contributed by atoms with Gasteiger partial charge in [0, 0.05) is 38.4 Å². The molecule has 1 atom stereocenters. The van der Waals surface area contributed by atoms with Crippen LogP contribution in [-0.2, 0) is 0 Å². The first-order chi connectivity index (χ1) is 8.50. The van der Waals surface area contributed by atoms with Gasteiger partial charge in [0.05, 0.1) is 0 Å². The summed E-state index contributed by atoms with van der Waals surface area (Å²) in [5.74, 6) is -2.17. The molecule has 4 nitrogen and oxygen atoms in total. The molecule has 0 amide bonds. The number of nitrogens with zero attached hydrogens (tertiary/aromatic N) is 2. The molecule has 0 aromatic carbocycles. The van der Waals surface area contributed by atoms with E-state index >= 15 is 0 Å². The van der Waals surface area contributed by atoms with Crippen LogP contribution < -0.4 is 5.73 Å². The molecule has 2 aliphatic rings. The summed E-state index contributed by atoms with van der Waals surface area (Å²) in [5, 5.41) is 11.4. The standard InChI is InChI=1S/C12H21F2N3O/c13-12(14)5-3-9(7-12)8-17(10-1-2-10)6-4-11(15)16-18/h9-10,18H,1-8H2,(H2,15,16). The Bertz CT molecular complexity index is 318. The molecule has 0 radical (unpaired) electrons. The Balaban J connectivity index is 1.80. The fourth-order valence-electron chi connectivity index (χ4n) is 2.70. The molecule has 2 saturated carbocycles. The number of hydrogen-bond acceptors (Lipinski definition) is 3. The van der Waals surface area contributed by atoms with Gasteiger partial charge in [-0.3, -0.25) is 4.90 Å². The van der Waals surface area contributed by atoms with Crippen molar-refractivity contribution in [2.75, 3.05) is 13.1 Å². The fraction of sp³-hybridized carbons (Fsp3) is 0.917. The zero-order valence-corrected chi connectivity index (χ0v) is 10.5. The van der Waals surface area contributed by atoms with Crippen molar-refractivity contribution in [3.8, 4) is 0 Å². The van der Waals surface area contributed by atoms with E-state index in [4.69, 9.17) is 10.9 Å². The Morgan fingerprint density at radius 3 is 2.61 bits per heavy atom. The molecule has 18 heavy (non-hydrogen) atoms. The normalized spacial score (nSPS) is 27.9. The quantitative estimate of drug-likeness (QED) is 0.333. The van der Waals surface area contributed by atoms with Crippen LogP contribution in [-0.4, -0.2) is 41.0 Å². The van der Waals surface area contributed by atoms with Crippen LogP contribution in [0.2, 0.25) is 0 Å². The van der Waals surface area contributed by atoms with Crippen LogP contribution >= 0.6 is 0 Å². The van der Waals surface area contributed by atoms with Crippen LogP contribution in [0, 0.1) is 5.92 Å². The minimum absolute atomic E-state index is 0.0137. The lowest BCUT2D eigenvalue weighted by Crippen LogP contribution is -2.34. The molecular formula is C12H21F2N3O. The molecule has 0 aromatic heterocycles. The molecule has 2 rings (SSSR count). The Hall–Kier alpha value is -0.910. The Morgan fingerprint density at radius 1 is 1.39 bits per heavy atom. The third kappa shape index (κ3) is 3.80. The van der Waals surface area contributed by atoms with Crippen molar-refractivity contribution in [2.24, 2.45) is 16.8 Å². The highest BCUT2D eigenvalue weighted by Gasteiger charge is 2.41. The Labute approximate surface area is 106 Å². The first-order valence-corrected chi connectivity index (χ1v) is 6.58.